The lowest BCUT2D eigenvalue weighted by Gasteiger charge is -2.39. The first kappa shape index (κ1) is 50.5. The molecule has 6 aliphatic carbocycles. The van der Waals surface area contributed by atoms with Gasteiger partial charge in [-0.2, -0.15) is 0 Å². The molecule has 13 rings (SSSR count). The minimum Gasteiger partial charge on any atom is -0.496 e. The van der Waals surface area contributed by atoms with Crippen molar-refractivity contribution in [2.24, 2.45) is 0 Å². The Hall–Kier alpha value is -5.29. The summed E-state index contributed by atoms with van der Waals surface area (Å²) in [5, 5.41) is 0. The highest BCUT2D eigenvalue weighted by molar-refractivity contribution is 6.04. The van der Waals surface area contributed by atoms with E-state index in [1.165, 1.54) is 200 Å². The number of ether oxygens (including phenoxy) is 2. The molecule has 6 saturated carbocycles. The van der Waals surface area contributed by atoms with E-state index in [0.717, 1.165) is 59.8 Å². The van der Waals surface area contributed by atoms with Crippen molar-refractivity contribution < 1.29 is 14.3 Å². The largest absolute Gasteiger partial charge is 0.496 e. The third-order valence-corrected chi connectivity index (χ3v) is 19.9. The van der Waals surface area contributed by atoms with Crippen LogP contribution in [0.2, 0.25) is 0 Å². The molecule has 2 aliphatic heterocycles. The summed E-state index contributed by atoms with van der Waals surface area (Å²) in [6.45, 7) is 0. The van der Waals surface area contributed by atoms with Crippen molar-refractivity contribution in [2.45, 2.75) is 222 Å². The van der Waals surface area contributed by atoms with E-state index in [0.29, 0.717) is 41.1 Å². The summed E-state index contributed by atoms with van der Waals surface area (Å²) in [7, 11) is 3.50. The van der Waals surface area contributed by atoms with Crippen molar-refractivity contribution in [3.8, 4) is 0 Å². The lowest BCUT2D eigenvalue weighted by atomic mass is 9.74. The number of carbonyl (C=O) groups is 1. The molecule has 0 radical (unpaired) electrons. The molecule has 5 aromatic carbocycles. The average Bonchev–Trinajstić information content (AvgIpc) is 3.55. The fourth-order valence-corrected chi connectivity index (χ4v) is 16.0. The number of para-hydroxylation sites is 2. The number of nitrogens with zero attached hydrogens (tertiary/aromatic N) is 2. The molecule has 0 spiro atoms. The molecule has 75 heavy (non-hydrogen) atoms. The van der Waals surface area contributed by atoms with Gasteiger partial charge < -0.3 is 19.3 Å². The van der Waals surface area contributed by atoms with Crippen LogP contribution in [0.4, 0.5) is 34.1 Å². The van der Waals surface area contributed by atoms with Gasteiger partial charge in [-0.15, -0.1) is 0 Å². The fraction of sp³-hybridized carbons (Fsp3) is 0.529. The van der Waals surface area contributed by atoms with Gasteiger partial charge in [0.25, 0.3) is 0 Å². The Morgan fingerprint density at radius 2 is 0.907 bits per heavy atom. The van der Waals surface area contributed by atoms with E-state index in [2.05, 4.69) is 107 Å². The molecule has 8 aliphatic rings. The van der Waals surface area contributed by atoms with Crippen molar-refractivity contribution in [3.63, 3.8) is 0 Å². The van der Waals surface area contributed by atoms with E-state index in [4.69, 9.17) is 9.47 Å². The van der Waals surface area contributed by atoms with Crippen molar-refractivity contribution in [1.82, 2.24) is 0 Å². The van der Waals surface area contributed by atoms with Crippen LogP contribution in [-0.2, 0) is 9.47 Å². The standard InChI is InChI=1S/C70H86N2O3/c1-74-69-54-40-38-53(39-41-54)62-45-56(49-26-12-4-13-27-49)44-61(52-32-18-7-19-33-52)68(62)72(58-36-22-9-23-37-58)66-46-63(69)65(47-64(66)70(73)75-2)71(57-34-20-8-21-35-57)67-59(50-28-14-5-15-29-50)42-55(48-24-10-3-11-25-48)43-60(67)51-30-16-6-17-31-51/h8-9,20-23,34-37,42-53H,3-7,10-19,24-33,38-41H2,1-2H3. The summed E-state index contributed by atoms with van der Waals surface area (Å²) >= 11 is 0. The number of hydrogen-bond donors (Lipinski definition) is 0. The molecule has 4 bridgehead atoms. The van der Waals surface area contributed by atoms with Crippen LogP contribution in [0.3, 0.4) is 0 Å². The van der Waals surface area contributed by atoms with Crippen LogP contribution in [0.1, 0.15) is 271 Å². The molecule has 0 atom stereocenters. The molecule has 5 nitrogen and oxygen atoms in total. The van der Waals surface area contributed by atoms with Crippen LogP contribution in [0, 0.1) is 0 Å². The summed E-state index contributed by atoms with van der Waals surface area (Å²) in [5.41, 5.74) is 19.1. The molecule has 0 saturated heterocycles. The Bertz CT molecular complexity index is 2750. The monoisotopic (exact) mass is 1000 g/mol. The van der Waals surface area contributed by atoms with Crippen LogP contribution < -0.4 is 9.80 Å². The number of methoxy groups -OCH3 is 2. The molecule has 6 fully saturated rings. The lowest BCUT2D eigenvalue weighted by Crippen LogP contribution is -2.24. The highest BCUT2D eigenvalue weighted by atomic mass is 16.5. The number of fused-ring (bicyclic) bond motifs is 2. The predicted molar refractivity (Wildman–Crippen MR) is 311 cm³/mol. The van der Waals surface area contributed by atoms with E-state index < -0.39 is 0 Å². The van der Waals surface area contributed by atoms with Crippen molar-refractivity contribution in [1.29, 1.82) is 0 Å². The van der Waals surface area contributed by atoms with Crippen LogP contribution >= 0.6 is 0 Å². The quantitative estimate of drug-likeness (QED) is 0.123. The van der Waals surface area contributed by atoms with E-state index in [1.807, 2.05) is 7.11 Å². The van der Waals surface area contributed by atoms with Gasteiger partial charge in [-0.3, -0.25) is 0 Å². The Morgan fingerprint density at radius 3 is 1.37 bits per heavy atom. The second-order valence-corrected chi connectivity index (χ2v) is 24.4. The summed E-state index contributed by atoms with van der Waals surface area (Å²) in [6.07, 6.45) is 36.2. The summed E-state index contributed by atoms with van der Waals surface area (Å²) in [6, 6.07) is 37.8. The zero-order chi connectivity index (χ0) is 50.7. The smallest absolute Gasteiger partial charge is 0.340 e. The Kier molecular flexibility index (Phi) is 15.6. The maximum atomic E-state index is 15.4. The predicted octanol–water partition coefficient (Wildman–Crippen LogP) is 20.7. The Morgan fingerprint density at radius 1 is 0.480 bits per heavy atom. The van der Waals surface area contributed by atoms with E-state index >= 15 is 4.79 Å². The Labute approximate surface area is 450 Å². The SMILES string of the molecule is COC(=O)c1cc(N(c2ccccc2)c2c(C3CCCCC3)cc(C3CCCCC3)cc2C2CCCCC2)c2cc1N(c1ccccc1)c1c(C3CCCCC3)cc(C3CCCCC3)cc1C1CCC(=C2OC)CC1. The zero-order valence-corrected chi connectivity index (χ0v) is 45.8. The molecule has 5 aromatic rings. The van der Waals surface area contributed by atoms with Crippen LogP contribution in [0.25, 0.3) is 5.76 Å². The highest BCUT2D eigenvalue weighted by Crippen LogP contribution is 2.57. The van der Waals surface area contributed by atoms with Gasteiger partial charge in [0.05, 0.1) is 42.5 Å². The maximum absolute atomic E-state index is 15.4. The fourth-order valence-electron chi connectivity index (χ4n) is 16.0. The number of anilines is 6. The van der Waals surface area contributed by atoms with Crippen molar-refractivity contribution in [2.75, 3.05) is 24.0 Å². The second-order valence-electron chi connectivity index (χ2n) is 24.4. The van der Waals surface area contributed by atoms with Gasteiger partial charge in [0.15, 0.2) is 0 Å². The number of benzene rings is 5. The molecule has 2 heterocycles. The summed E-state index contributed by atoms with van der Waals surface area (Å²) in [5.74, 6) is 3.68. The third kappa shape index (κ3) is 10.3. The zero-order valence-electron chi connectivity index (χ0n) is 45.8. The number of hydrogen-bond acceptors (Lipinski definition) is 5. The highest BCUT2D eigenvalue weighted by Gasteiger charge is 2.39. The van der Waals surface area contributed by atoms with E-state index in [9.17, 15) is 0 Å². The normalized spacial score (nSPS) is 21.6. The lowest BCUT2D eigenvalue weighted by molar-refractivity contribution is 0.0601. The molecule has 394 valence electrons. The number of allylic oxidation sites excluding steroid dienone is 1. The molecule has 0 aromatic heterocycles. The van der Waals surface area contributed by atoms with Crippen LogP contribution in [0.5, 0.6) is 0 Å². The molecule has 0 amide bonds. The first-order valence-electron chi connectivity index (χ1n) is 30.6. The first-order chi connectivity index (χ1) is 37.1. The van der Waals surface area contributed by atoms with Gasteiger partial charge in [-0.25, -0.2) is 4.79 Å². The molecule has 0 N–H and O–H groups in total. The second kappa shape index (κ2) is 23.1. The van der Waals surface area contributed by atoms with Gasteiger partial charge in [0.2, 0.25) is 0 Å². The van der Waals surface area contributed by atoms with Gasteiger partial charge in [-0.1, -0.05) is 157 Å². The van der Waals surface area contributed by atoms with Crippen molar-refractivity contribution >= 4 is 45.9 Å². The number of rotatable bonds is 11. The van der Waals surface area contributed by atoms with Gasteiger partial charge in [0, 0.05) is 16.9 Å². The average molecular weight is 1000 g/mol. The summed E-state index contributed by atoms with van der Waals surface area (Å²) < 4.78 is 13.0. The molecular weight excluding hydrogens is 917 g/mol. The maximum Gasteiger partial charge on any atom is 0.340 e. The first-order valence-corrected chi connectivity index (χ1v) is 30.6. The van der Waals surface area contributed by atoms with Crippen LogP contribution in [-0.4, -0.2) is 20.2 Å². The topological polar surface area (TPSA) is 42.0 Å². The van der Waals surface area contributed by atoms with E-state index in [-0.39, 0.29) is 5.97 Å². The minimum absolute atomic E-state index is 0.302. The minimum atomic E-state index is -0.302. The summed E-state index contributed by atoms with van der Waals surface area (Å²) in [4.78, 5) is 20.6. The van der Waals surface area contributed by atoms with Crippen LogP contribution in [0.15, 0.2) is 103 Å². The third-order valence-electron chi connectivity index (χ3n) is 19.9. The van der Waals surface area contributed by atoms with E-state index in [1.54, 1.807) is 18.2 Å². The number of esters is 1. The Balaban J connectivity index is 1.18. The van der Waals surface area contributed by atoms with Gasteiger partial charge >= 0.3 is 5.97 Å². The molecule has 5 heteroatoms. The number of carbonyl (C=O) groups excluding carboxylic acids is 1. The van der Waals surface area contributed by atoms with Gasteiger partial charge in [-0.05, 0) is 201 Å². The van der Waals surface area contributed by atoms with Crippen molar-refractivity contribution in [3.05, 3.63) is 147 Å². The molecular formula is C70H86N2O3. The molecule has 0 unspecified atom stereocenters. The van der Waals surface area contributed by atoms with Gasteiger partial charge in [0.1, 0.15) is 5.76 Å².